The van der Waals surface area contributed by atoms with Gasteiger partial charge in [-0.15, -0.1) is 0 Å². The van der Waals surface area contributed by atoms with Crippen LogP contribution in [0.2, 0.25) is 0 Å². The fraction of sp³-hybridized carbons (Fsp3) is 0.533. The molecule has 1 rings (SSSR count). The summed E-state index contributed by atoms with van der Waals surface area (Å²) in [6.45, 7) is 6.37. The smallest absolute Gasteiger partial charge is 0.241 e. The third-order valence-corrected chi connectivity index (χ3v) is 3.10. The summed E-state index contributed by atoms with van der Waals surface area (Å²) in [5.74, 6) is 0.189. The summed E-state index contributed by atoms with van der Waals surface area (Å²) in [5.41, 5.74) is 1.11. The van der Waals surface area contributed by atoms with Crippen molar-refractivity contribution in [2.45, 2.75) is 26.7 Å². The molecule has 0 aliphatic heterocycles. The van der Waals surface area contributed by atoms with E-state index in [2.05, 4.69) is 18.7 Å². The number of para-hydroxylation sites is 1. The molecule has 0 heterocycles. The van der Waals surface area contributed by atoms with E-state index in [-0.39, 0.29) is 5.91 Å². The lowest BCUT2D eigenvalue weighted by atomic mass is 10.2. The maximum atomic E-state index is 12.1. The molecule has 1 amide bonds. The van der Waals surface area contributed by atoms with Crippen LogP contribution in [0.3, 0.4) is 0 Å². The van der Waals surface area contributed by atoms with Crippen LogP contribution in [0.5, 0.6) is 0 Å². The Hall–Kier alpha value is -1.51. The van der Waals surface area contributed by atoms with E-state index in [1.165, 1.54) is 0 Å². The van der Waals surface area contributed by atoms with Gasteiger partial charge >= 0.3 is 0 Å². The second-order valence-electron chi connectivity index (χ2n) is 4.52. The van der Waals surface area contributed by atoms with Crippen LogP contribution in [0.1, 0.15) is 26.7 Å². The second kappa shape index (κ2) is 7.75. The van der Waals surface area contributed by atoms with Crippen molar-refractivity contribution >= 4 is 11.6 Å². The zero-order valence-corrected chi connectivity index (χ0v) is 11.7. The standard InChI is InChI=1S/C15H24N2O/c1-4-6-12-16(3)15(18)13-17(5-2)14-10-8-7-9-11-14/h7-11H,4-6,12-13H2,1-3H3. The van der Waals surface area contributed by atoms with Gasteiger partial charge in [-0.1, -0.05) is 31.5 Å². The molecule has 0 fully saturated rings. The summed E-state index contributed by atoms with van der Waals surface area (Å²) in [6, 6.07) is 10.1. The van der Waals surface area contributed by atoms with Crippen LogP contribution in [-0.2, 0) is 4.79 Å². The molecule has 0 bridgehead atoms. The highest BCUT2D eigenvalue weighted by molar-refractivity contribution is 5.81. The first-order chi connectivity index (χ1) is 8.69. The number of amides is 1. The summed E-state index contributed by atoms with van der Waals surface area (Å²) in [6.07, 6.45) is 2.19. The van der Waals surface area contributed by atoms with Crippen molar-refractivity contribution in [3.8, 4) is 0 Å². The largest absolute Gasteiger partial charge is 0.362 e. The average molecular weight is 248 g/mol. The van der Waals surface area contributed by atoms with Crippen molar-refractivity contribution in [1.82, 2.24) is 4.90 Å². The topological polar surface area (TPSA) is 23.6 Å². The SMILES string of the molecule is CCCCN(C)C(=O)CN(CC)c1ccccc1. The number of nitrogens with zero attached hydrogens (tertiary/aromatic N) is 2. The van der Waals surface area contributed by atoms with Crippen LogP contribution in [0.25, 0.3) is 0 Å². The summed E-state index contributed by atoms with van der Waals surface area (Å²) in [4.78, 5) is 16.0. The van der Waals surface area contributed by atoms with Crippen LogP contribution in [0.15, 0.2) is 30.3 Å². The summed E-state index contributed by atoms with van der Waals surface area (Å²) in [5, 5.41) is 0. The van der Waals surface area contributed by atoms with Crippen molar-refractivity contribution < 1.29 is 4.79 Å². The highest BCUT2D eigenvalue weighted by atomic mass is 16.2. The monoisotopic (exact) mass is 248 g/mol. The Labute approximate surface area is 110 Å². The second-order valence-corrected chi connectivity index (χ2v) is 4.52. The Bertz CT molecular complexity index is 351. The molecule has 0 aliphatic rings. The number of carbonyl (C=O) groups excluding carboxylic acids is 1. The van der Waals surface area contributed by atoms with E-state index in [1.54, 1.807) is 0 Å². The van der Waals surface area contributed by atoms with Gasteiger partial charge in [0.25, 0.3) is 0 Å². The number of anilines is 1. The van der Waals surface area contributed by atoms with Crippen LogP contribution >= 0.6 is 0 Å². The molecular weight excluding hydrogens is 224 g/mol. The average Bonchev–Trinajstić information content (AvgIpc) is 2.42. The predicted molar refractivity (Wildman–Crippen MR) is 76.9 cm³/mol. The number of rotatable bonds is 7. The van der Waals surface area contributed by atoms with Gasteiger partial charge in [0, 0.05) is 25.8 Å². The minimum Gasteiger partial charge on any atom is -0.362 e. The molecule has 0 N–H and O–H groups in total. The van der Waals surface area contributed by atoms with E-state index >= 15 is 0 Å². The van der Waals surface area contributed by atoms with Gasteiger partial charge in [-0.2, -0.15) is 0 Å². The molecule has 18 heavy (non-hydrogen) atoms. The van der Waals surface area contributed by atoms with Gasteiger partial charge in [0.05, 0.1) is 6.54 Å². The number of likely N-dealkylation sites (N-methyl/N-ethyl adjacent to an activating group) is 2. The molecule has 0 aromatic heterocycles. The fourth-order valence-corrected chi connectivity index (χ4v) is 1.83. The fourth-order valence-electron chi connectivity index (χ4n) is 1.83. The molecule has 0 spiro atoms. The summed E-state index contributed by atoms with van der Waals surface area (Å²) < 4.78 is 0. The Morgan fingerprint density at radius 1 is 1.17 bits per heavy atom. The lowest BCUT2D eigenvalue weighted by Crippen LogP contribution is -2.38. The minimum atomic E-state index is 0.189. The first kappa shape index (κ1) is 14.6. The highest BCUT2D eigenvalue weighted by Gasteiger charge is 2.13. The normalized spacial score (nSPS) is 10.2. The molecule has 1 aromatic carbocycles. The lowest BCUT2D eigenvalue weighted by molar-refractivity contribution is -0.128. The van der Waals surface area contributed by atoms with E-state index in [0.29, 0.717) is 6.54 Å². The summed E-state index contributed by atoms with van der Waals surface area (Å²) >= 11 is 0. The van der Waals surface area contributed by atoms with E-state index < -0.39 is 0 Å². The van der Waals surface area contributed by atoms with Crippen molar-refractivity contribution in [2.24, 2.45) is 0 Å². The van der Waals surface area contributed by atoms with Gasteiger partial charge in [0.2, 0.25) is 5.91 Å². The van der Waals surface area contributed by atoms with Gasteiger partial charge in [-0.05, 0) is 25.5 Å². The molecule has 3 nitrogen and oxygen atoms in total. The maximum absolute atomic E-state index is 12.1. The third-order valence-electron chi connectivity index (χ3n) is 3.10. The van der Waals surface area contributed by atoms with Crippen LogP contribution in [-0.4, -0.2) is 37.5 Å². The van der Waals surface area contributed by atoms with Crippen molar-refractivity contribution in [3.05, 3.63) is 30.3 Å². The Morgan fingerprint density at radius 2 is 1.83 bits per heavy atom. The molecule has 0 aliphatic carbocycles. The van der Waals surface area contributed by atoms with Gasteiger partial charge in [0.1, 0.15) is 0 Å². The van der Waals surface area contributed by atoms with Gasteiger partial charge in [0.15, 0.2) is 0 Å². The Morgan fingerprint density at radius 3 is 2.39 bits per heavy atom. The summed E-state index contributed by atoms with van der Waals surface area (Å²) in [7, 11) is 1.89. The number of hydrogen-bond donors (Lipinski definition) is 0. The van der Waals surface area contributed by atoms with Gasteiger partial charge in [-0.3, -0.25) is 4.79 Å². The van der Waals surface area contributed by atoms with Crippen LogP contribution < -0.4 is 4.90 Å². The van der Waals surface area contributed by atoms with Gasteiger partial charge in [-0.25, -0.2) is 0 Å². The number of hydrogen-bond acceptors (Lipinski definition) is 2. The zero-order valence-electron chi connectivity index (χ0n) is 11.7. The van der Waals surface area contributed by atoms with E-state index in [0.717, 1.165) is 31.6 Å². The molecular formula is C15H24N2O. The predicted octanol–water partition coefficient (Wildman–Crippen LogP) is 2.77. The molecule has 0 saturated carbocycles. The quantitative estimate of drug-likeness (QED) is 0.741. The number of carbonyl (C=O) groups is 1. The molecule has 3 heteroatoms. The first-order valence-corrected chi connectivity index (χ1v) is 6.73. The molecule has 0 saturated heterocycles. The highest BCUT2D eigenvalue weighted by Crippen LogP contribution is 2.12. The van der Waals surface area contributed by atoms with Crippen molar-refractivity contribution in [3.63, 3.8) is 0 Å². The van der Waals surface area contributed by atoms with E-state index in [9.17, 15) is 4.79 Å². The van der Waals surface area contributed by atoms with Crippen LogP contribution in [0, 0.1) is 0 Å². The zero-order chi connectivity index (χ0) is 13.4. The Kier molecular flexibility index (Phi) is 6.26. The molecule has 0 radical (unpaired) electrons. The molecule has 1 aromatic rings. The third kappa shape index (κ3) is 4.40. The van der Waals surface area contributed by atoms with E-state index in [4.69, 9.17) is 0 Å². The minimum absolute atomic E-state index is 0.189. The molecule has 100 valence electrons. The van der Waals surface area contributed by atoms with Crippen molar-refractivity contribution in [1.29, 1.82) is 0 Å². The number of unbranched alkanes of at least 4 members (excludes halogenated alkanes) is 1. The maximum Gasteiger partial charge on any atom is 0.241 e. The van der Waals surface area contributed by atoms with Gasteiger partial charge < -0.3 is 9.80 Å². The first-order valence-electron chi connectivity index (χ1n) is 6.73. The lowest BCUT2D eigenvalue weighted by Gasteiger charge is -2.25. The van der Waals surface area contributed by atoms with Crippen LogP contribution in [0.4, 0.5) is 5.69 Å². The molecule has 0 atom stereocenters. The van der Waals surface area contributed by atoms with Crippen molar-refractivity contribution in [2.75, 3.05) is 31.6 Å². The number of benzene rings is 1. The Balaban J connectivity index is 2.56. The molecule has 0 unspecified atom stereocenters. The van der Waals surface area contributed by atoms with E-state index in [1.807, 2.05) is 42.3 Å².